The van der Waals surface area contributed by atoms with Gasteiger partial charge in [-0.25, -0.2) is 0 Å². The summed E-state index contributed by atoms with van der Waals surface area (Å²) >= 11 is 0. The molecule has 0 aromatic heterocycles. The van der Waals surface area contributed by atoms with E-state index in [0.29, 0.717) is 5.56 Å². The summed E-state index contributed by atoms with van der Waals surface area (Å²) in [5, 5.41) is 23.5. The first-order valence-electron chi connectivity index (χ1n) is 9.10. The van der Waals surface area contributed by atoms with Gasteiger partial charge in [-0.1, -0.05) is 42.5 Å². The number of nitrogens with zero attached hydrogens (tertiary/aromatic N) is 2. The number of carbonyl (C=O) groups is 2. The fraction of sp³-hybridized carbons (Fsp3) is 0.286. The molecule has 8 heteroatoms. The summed E-state index contributed by atoms with van der Waals surface area (Å²) < 4.78 is 5.07. The van der Waals surface area contributed by atoms with E-state index in [4.69, 9.17) is 4.74 Å². The lowest BCUT2D eigenvalue weighted by Crippen LogP contribution is -2.34. The molecule has 0 spiro atoms. The highest BCUT2D eigenvalue weighted by molar-refractivity contribution is 5.99. The highest BCUT2D eigenvalue weighted by Crippen LogP contribution is 2.65. The van der Waals surface area contributed by atoms with Gasteiger partial charge in [0.2, 0.25) is 5.91 Å². The minimum atomic E-state index is -1.61. The van der Waals surface area contributed by atoms with Crippen LogP contribution in [0, 0.1) is 32.8 Å². The third kappa shape index (κ3) is 3.67. The van der Waals surface area contributed by atoms with Crippen LogP contribution in [-0.2, 0) is 20.9 Å². The van der Waals surface area contributed by atoms with Gasteiger partial charge in [0.25, 0.3) is 5.69 Å². The molecule has 1 amide bonds. The van der Waals surface area contributed by atoms with Gasteiger partial charge in [0, 0.05) is 24.6 Å². The zero-order chi connectivity index (χ0) is 21.0. The molecule has 0 bridgehead atoms. The molecule has 29 heavy (non-hydrogen) atoms. The zero-order valence-corrected chi connectivity index (χ0v) is 15.7. The number of hydrogen-bond donors (Lipinski definition) is 1. The molecule has 0 heterocycles. The Labute approximate surface area is 167 Å². The summed E-state index contributed by atoms with van der Waals surface area (Å²) in [6, 6.07) is 16.7. The lowest BCUT2D eigenvalue weighted by atomic mass is 9.99. The van der Waals surface area contributed by atoms with Gasteiger partial charge in [0.1, 0.15) is 0 Å². The summed E-state index contributed by atoms with van der Waals surface area (Å²) in [6.45, 7) is 1.98. The van der Waals surface area contributed by atoms with E-state index in [0.717, 1.165) is 5.56 Å². The van der Waals surface area contributed by atoms with Gasteiger partial charge in [-0.3, -0.25) is 19.7 Å². The van der Waals surface area contributed by atoms with Gasteiger partial charge < -0.3 is 10.1 Å². The molecule has 2 aromatic carbocycles. The van der Waals surface area contributed by atoms with Crippen molar-refractivity contribution >= 4 is 17.6 Å². The molecule has 1 N–H and O–H groups in total. The second-order valence-corrected chi connectivity index (χ2v) is 6.71. The third-order valence-corrected chi connectivity index (χ3v) is 5.07. The Kier molecular flexibility index (Phi) is 5.59. The van der Waals surface area contributed by atoms with Crippen molar-refractivity contribution in [3.05, 3.63) is 75.8 Å². The lowest BCUT2D eigenvalue weighted by molar-refractivity contribution is -0.384. The topological polar surface area (TPSA) is 122 Å². The Hall–Kier alpha value is -3.73. The van der Waals surface area contributed by atoms with Crippen molar-refractivity contribution in [1.82, 2.24) is 5.32 Å². The summed E-state index contributed by atoms with van der Waals surface area (Å²) in [5.41, 5.74) is -0.366. The number of rotatable bonds is 7. The molecule has 3 rings (SSSR count). The second-order valence-electron chi connectivity index (χ2n) is 6.71. The quantitative estimate of drug-likeness (QED) is 0.438. The van der Waals surface area contributed by atoms with Crippen molar-refractivity contribution in [1.29, 1.82) is 5.26 Å². The first-order chi connectivity index (χ1) is 14.0. The Balaban J connectivity index is 1.88. The monoisotopic (exact) mass is 393 g/mol. The average molecular weight is 393 g/mol. The van der Waals surface area contributed by atoms with Crippen LogP contribution in [0.4, 0.5) is 5.69 Å². The second kappa shape index (κ2) is 8.10. The third-order valence-electron chi connectivity index (χ3n) is 5.07. The van der Waals surface area contributed by atoms with Crippen LogP contribution in [0.15, 0.2) is 54.6 Å². The molecule has 1 aliphatic rings. The standard InChI is InChI=1S/C21H19N3O5/c1-2-29-19(25)18-17(15-8-10-16(11-9-15)24(27)28)21(18,13-22)20(26)23-12-14-6-4-3-5-7-14/h3-11,17-18H,2,12H2,1H3,(H,23,26)/t17-,18-,21+/m1/s1. The Morgan fingerprint density at radius 3 is 2.41 bits per heavy atom. The normalized spacial score (nSPS) is 22.2. The zero-order valence-electron chi connectivity index (χ0n) is 15.7. The predicted octanol–water partition coefficient (Wildman–Crippen LogP) is 2.70. The molecule has 0 aliphatic heterocycles. The van der Waals surface area contributed by atoms with E-state index < -0.39 is 34.1 Å². The van der Waals surface area contributed by atoms with E-state index in [-0.39, 0.29) is 18.8 Å². The smallest absolute Gasteiger partial charge is 0.311 e. The van der Waals surface area contributed by atoms with E-state index >= 15 is 0 Å². The summed E-state index contributed by atoms with van der Waals surface area (Å²) in [5.74, 6) is -2.90. The number of nitrogens with one attached hydrogen (secondary N) is 1. The molecule has 0 radical (unpaired) electrons. The minimum Gasteiger partial charge on any atom is -0.466 e. The number of carbonyl (C=O) groups excluding carboxylic acids is 2. The van der Waals surface area contributed by atoms with Crippen molar-refractivity contribution in [2.24, 2.45) is 11.3 Å². The van der Waals surface area contributed by atoms with Crippen LogP contribution in [-0.4, -0.2) is 23.4 Å². The first-order valence-corrected chi connectivity index (χ1v) is 9.10. The van der Waals surface area contributed by atoms with Gasteiger partial charge in [-0.2, -0.15) is 5.26 Å². The fourth-order valence-corrected chi connectivity index (χ4v) is 3.60. The summed E-state index contributed by atoms with van der Waals surface area (Å²) in [7, 11) is 0. The molecule has 0 unspecified atom stereocenters. The summed E-state index contributed by atoms with van der Waals surface area (Å²) in [4.78, 5) is 35.8. The SMILES string of the molecule is CCOC(=O)[C@H]1[C@@H](c2ccc([N+](=O)[O-])cc2)[C@]1(C#N)C(=O)NCc1ccccc1. The largest absolute Gasteiger partial charge is 0.466 e. The maximum Gasteiger partial charge on any atom is 0.311 e. The van der Waals surface area contributed by atoms with Crippen molar-refractivity contribution in [3.63, 3.8) is 0 Å². The molecule has 1 saturated carbocycles. The molecular formula is C21H19N3O5. The molecule has 8 nitrogen and oxygen atoms in total. The number of hydrogen-bond acceptors (Lipinski definition) is 6. The highest BCUT2D eigenvalue weighted by Gasteiger charge is 2.75. The van der Waals surface area contributed by atoms with E-state index in [1.54, 1.807) is 6.92 Å². The Morgan fingerprint density at radius 1 is 1.21 bits per heavy atom. The van der Waals surface area contributed by atoms with Crippen molar-refractivity contribution in [2.45, 2.75) is 19.4 Å². The van der Waals surface area contributed by atoms with Crippen LogP contribution >= 0.6 is 0 Å². The molecule has 3 atom stereocenters. The van der Waals surface area contributed by atoms with E-state index in [1.165, 1.54) is 24.3 Å². The van der Waals surface area contributed by atoms with Crippen LogP contribution in [0.5, 0.6) is 0 Å². The summed E-state index contributed by atoms with van der Waals surface area (Å²) in [6.07, 6.45) is 0. The molecule has 2 aromatic rings. The van der Waals surface area contributed by atoms with Gasteiger partial charge in [0.15, 0.2) is 5.41 Å². The van der Waals surface area contributed by atoms with Gasteiger partial charge in [0.05, 0.1) is 23.5 Å². The van der Waals surface area contributed by atoms with E-state index in [1.807, 2.05) is 36.4 Å². The van der Waals surface area contributed by atoms with Crippen LogP contribution in [0.25, 0.3) is 0 Å². The maximum absolute atomic E-state index is 13.0. The molecular weight excluding hydrogens is 374 g/mol. The molecule has 1 aliphatic carbocycles. The number of esters is 1. The highest BCUT2D eigenvalue weighted by atomic mass is 16.6. The van der Waals surface area contributed by atoms with Crippen LogP contribution in [0.2, 0.25) is 0 Å². The number of nitro groups is 1. The van der Waals surface area contributed by atoms with Gasteiger partial charge in [-0.05, 0) is 18.1 Å². The number of benzene rings is 2. The van der Waals surface area contributed by atoms with Crippen LogP contribution in [0.3, 0.4) is 0 Å². The average Bonchev–Trinajstić information content (AvgIpc) is 3.43. The van der Waals surface area contributed by atoms with Crippen molar-refractivity contribution in [3.8, 4) is 6.07 Å². The molecule has 148 valence electrons. The predicted molar refractivity (Wildman–Crippen MR) is 102 cm³/mol. The van der Waals surface area contributed by atoms with E-state index in [2.05, 4.69) is 5.32 Å². The van der Waals surface area contributed by atoms with Crippen LogP contribution in [0.1, 0.15) is 24.0 Å². The van der Waals surface area contributed by atoms with Crippen LogP contribution < -0.4 is 5.32 Å². The minimum absolute atomic E-state index is 0.113. The number of non-ortho nitro benzene ring substituents is 1. The number of amides is 1. The van der Waals surface area contributed by atoms with Gasteiger partial charge >= 0.3 is 5.97 Å². The first kappa shape index (κ1) is 20.0. The maximum atomic E-state index is 13.0. The van der Waals surface area contributed by atoms with Crippen molar-refractivity contribution < 1.29 is 19.2 Å². The van der Waals surface area contributed by atoms with Gasteiger partial charge in [-0.15, -0.1) is 0 Å². The molecule has 0 saturated heterocycles. The fourth-order valence-electron chi connectivity index (χ4n) is 3.60. The van der Waals surface area contributed by atoms with E-state index in [9.17, 15) is 25.0 Å². The number of nitriles is 1. The lowest BCUT2D eigenvalue weighted by Gasteiger charge is -2.11. The van der Waals surface area contributed by atoms with Crippen molar-refractivity contribution in [2.75, 3.05) is 6.61 Å². The Morgan fingerprint density at radius 2 is 1.86 bits per heavy atom. The molecule has 1 fully saturated rings. The Bertz CT molecular complexity index is 968. The number of nitro benzene ring substituents is 1. The number of ether oxygens (including phenoxy) is 1.